The Bertz CT molecular complexity index is 1000. The lowest BCUT2D eigenvalue weighted by atomic mass is 10.1. The number of amides is 1. The third-order valence-electron chi connectivity index (χ3n) is 5.05. The van der Waals surface area contributed by atoms with Crippen LogP contribution in [-0.2, 0) is 16.6 Å². The van der Waals surface area contributed by atoms with Crippen LogP contribution in [0.5, 0.6) is 5.75 Å². The SMILES string of the molecule is COc1ccc(C(=O)NCc2ccc(N3CCCCC3)nc2)cc1S(=O)(=O)NC(C)C. The molecule has 1 aromatic heterocycles. The highest BCUT2D eigenvalue weighted by Crippen LogP contribution is 2.25. The molecule has 2 N–H and O–H groups in total. The summed E-state index contributed by atoms with van der Waals surface area (Å²) >= 11 is 0. The van der Waals surface area contributed by atoms with Crippen LogP contribution in [0.1, 0.15) is 49.0 Å². The zero-order chi connectivity index (χ0) is 22.4. The molecule has 1 amide bonds. The van der Waals surface area contributed by atoms with E-state index in [0.29, 0.717) is 6.54 Å². The highest BCUT2D eigenvalue weighted by atomic mass is 32.2. The minimum atomic E-state index is -3.81. The number of carbonyl (C=O) groups excluding carboxylic acids is 1. The van der Waals surface area contributed by atoms with Crippen LogP contribution >= 0.6 is 0 Å². The van der Waals surface area contributed by atoms with Crippen LogP contribution in [0, 0.1) is 0 Å². The van der Waals surface area contributed by atoms with Gasteiger partial charge in [0.05, 0.1) is 7.11 Å². The van der Waals surface area contributed by atoms with Crippen LogP contribution in [0.25, 0.3) is 0 Å². The maximum Gasteiger partial charge on any atom is 0.251 e. The average Bonchev–Trinajstić information content (AvgIpc) is 2.77. The normalized spacial score (nSPS) is 14.5. The molecule has 0 aliphatic carbocycles. The number of anilines is 1. The number of nitrogens with one attached hydrogen (secondary N) is 2. The van der Waals surface area contributed by atoms with Gasteiger partial charge in [-0.15, -0.1) is 0 Å². The summed E-state index contributed by atoms with van der Waals surface area (Å²) in [6.07, 6.45) is 5.40. The van der Waals surface area contributed by atoms with Crippen LogP contribution in [0.4, 0.5) is 5.82 Å². The number of rotatable bonds is 8. The summed E-state index contributed by atoms with van der Waals surface area (Å²) in [5.41, 5.74) is 1.11. The fourth-order valence-electron chi connectivity index (χ4n) is 3.52. The number of hydrogen-bond acceptors (Lipinski definition) is 6. The smallest absolute Gasteiger partial charge is 0.251 e. The Balaban J connectivity index is 1.68. The number of hydrogen-bond donors (Lipinski definition) is 2. The summed E-state index contributed by atoms with van der Waals surface area (Å²) in [6, 6.07) is 8.00. The highest BCUT2D eigenvalue weighted by Gasteiger charge is 2.22. The van der Waals surface area contributed by atoms with E-state index in [2.05, 4.69) is 19.9 Å². The van der Waals surface area contributed by atoms with Gasteiger partial charge >= 0.3 is 0 Å². The van der Waals surface area contributed by atoms with Gasteiger partial charge in [0, 0.05) is 37.4 Å². The topological polar surface area (TPSA) is 101 Å². The molecule has 8 nitrogen and oxygen atoms in total. The molecule has 1 aliphatic rings. The minimum absolute atomic E-state index is 0.0658. The predicted molar refractivity (Wildman–Crippen MR) is 120 cm³/mol. The first kappa shape index (κ1) is 23.0. The van der Waals surface area contributed by atoms with Crippen molar-refractivity contribution in [2.45, 2.75) is 50.6 Å². The second-order valence-corrected chi connectivity index (χ2v) is 9.58. The standard InChI is InChI=1S/C22H30N4O4S/c1-16(2)25-31(28,29)20-13-18(8-9-19(20)30-3)22(27)24-15-17-7-10-21(23-14-17)26-11-5-4-6-12-26/h7-10,13-14,16,25H,4-6,11-12,15H2,1-3H3,(H,24,27). The molecule has 0 saturated carbocycles. The summed E-state index contributed by atoms with van der Waals surface area (Å²) in [6.45, 7) is 5.80. The molecule has 1 aromatic carbocycles. The van der Waals surface area contributed by atoms with E-state index in [1.165, 1.54) is 38.5 Å². The molecule has 168 valence electrons. The lowest BCUT2D eigenvalue weighted by Crippen LogP contribution is -2.31. The molecule has 2 aromatic rings. The second kappa shape index (κ2) is 10.1. The molecule has 3 rings (SSSR count). The number of benzene rings is 1. The van der Waals surface area contributed by atoms with E-state index < -0.39 is 10.0 Å². The van der Waals surface area contributed by atoms with Crippen LogP contribution in [-0.4, -0.2) is 45.6 Å². The van der Waals surface area contributed by atoms with E-state index in [1.54, 1.807) is 26.1 Å². The van der Waals surface area contributed by atoms with E-state index in [0.717, 1.165) is 24.5 Å². The Labute approximate surface area is 184 Å². The lowest BCUT2D eigenvalue weighted by Gasteiger charge is -2.27. The number of nitrogens with zero attached hydrogens (tertiary/aromatic N) is 2. The molecule has 0 bridgehead atoms. The molecule has 2 heterocycles. The summed E-state index contributed by atoms with van der Waals surface area (Å²) in [5.74, 6) is 0.767. The van der Waals surface area contributed by atoms with E-state index in [9.17, 15) is 13.2 Å². The monoisotopic (exact) mass is 446 g/mol. The fraction of sp³-hybridized carbons (Fsp3) is 0.455. The maximum absolute atomic E-state index is 12.6. The van der Waals surface area contributed by atoms with Crippen LogP contribution in [0.3, 0.4) is 0 Å². The van der Waals surface area contributed by atoms with Gasteiger partial charge in [-0.2, -0.15) is 0 Å². The molecule has 0 spiro atoms. The highest BCUT2D eigenvalue weighted by molar-refractivity contribution is 7.89. The summed E-state index contributed by atoms with van der Waals surface area (Å²) < 4.78 is 32.9. The van der Waals surface area contributed by atoms with Gasteiger partial charge in [-0.05, 0) is 62.9 Å². The molecular formula is C22H30N4O4S. The van der Waals surface area contributed by atoms with Crippen molar-refractivity contribution in [3.8, 4) is 5.75 Å². The fourth-order valence-corrected chi connectivity index (χ4v) is 4.96. The van der Waals surface area contributed by atoms with Crippen molar-refractivity contribution in [1.29, 1.82) is 0 Å². The van der Waals surface area contributed by atoms with Gasteiger partial charge in [0.1, 0.15) is 16.5 Å². The summed E-state index contributed by atoms with van der Waals surface area (Å²) in [4.78, 5) is 19.4. The zero-order valence-corrected chi connectivity index (χ0v) is 19.0. The largest absolute Gasteiger partial charge is 0.495 e. The van der Waals surface area contributed by atoms with Crippen LogP contribution in [0.2, 0.25) is 0 Å². The second-order valence-electron chi connectivity index (χ2n) is 7.90. The van der Waals surface area contributed by atoms with E-state index in [4.69, 9.17) is 4.74 Å². The number of aromatic nitrogens is 1. The van der Waals surface area contributed by atoms with Gasteiger partial charge in [0.25, 0.3) is 5.91 Å². The summed E-state index contributed by atoms with van der Waals surface area (Å²) in [5, 5.41) is 2.82. The van der Waals surface area contributed by atoms with Gasteiger partial charge in [-0.25, -0.2) is 18.1 Å². The summed E-state index contributed by atoms with van der Waals surface area (Å²) in [7, 11) is -2.42. The number of ether oxygens (including phenoxy) is 1. The van der Waals surface area contributed by atoms with Crippen molar-refractivity contribution in [2.75, 3.05) is 25.1 Å². The van der Waals surface area contributed by atoms with Crippen molar-refractivity contribution in [3.05, 3.63) is 47.7 Å². The minimum Gasteiger partial charge on any atom is -0.495 e. The third kappa shape index (κ3) is 5.95. The number of piperidine rings is 1. The maximum atomic E-state index is 12.6. The van der Waals surface area contributed by atoms with Crippen molar-refractivity contribution >= 4 is 21.7 Å². The Morgan fingerprint density at radius 3 is 2.52 bits per heavy atom. The Morgan fingerprint density at radius 1 is 1.16 bits per heavy atom. The van der Waals surface area contributed by atoms with E-state index in [1.807, 2.05) is 12.1 Å². The van der Waals surface area contributed by atoms with Crippen molar-refractivity contribution in [1.82, 2.24) is 15.0 Å². The van der Waals surface area contributed by atoms with E-state index in [-0.39, 0.29) is 28.2 Å². The number of carbonyl (C=O) groups is 1. The van der Waals surface area contributed by atoms with Gasteiger partial charge in [0.2, 0.25) is 10.0 Å². The van der Waals surface area contributed by atoms with Crippen molar-refractivity contribution in [3.63, 3.8) is 0 Å². The Kier molecular flexibility index (Phi) is 7.50. The Morgan fingerprint density at radius 2 is 1.90 bits per heavy atom. The number of sulfonamides is 1. The third-order valence-corrected chi connectivity index (χ3v) is 6.73. The first-order valence-electron chi connectivity index (χ1n) is 10.5. The first-order chi connectivity index (χ1) is 14.8. The van der Waals surface area contributed by atoms with Crippen LogP contribution in [0.15, 0.2) is 41.4 Å². The molecule has 31 heavy (non-hydrogen) atoms. The van der Waals surface area contributed by atoms with Gasteiger partial charge in [-0.3, -0.25) is 4.79 Å². The zero-order valence-electron chi connectivity index (χ0n) is 18.2. The van der Waals surface area contributed by atoms with Crippen LogP contribution < -0.4 is 19.7 Å². The molecule has 1 saturated heterocycles. The predicted octanol–water partition coefficient (Wildman–Crippen LogP) is 2.70. The molecule has 0 radical (unpaired) electrons. The molecular weight excluding hydrogens is 416 g/mol. The van der Waals surface area contributed by atoms with Crippen molar-refractivity contribution < 1.29 is 17.9 Å². The van der Waals surface area contributed by atoms with E-state index >= 15 is 0 Å². The lowest BCUT2D eigenvalue weighted by molar-refractivity contribution is 0.0950. The quantitative estimate of drug-likeness (QED) is 0.647. The number of pyridine rings is 1. The van der Waals surface area contributed by atoms with Gasteiger partial charge in [-0.1, -0.05) is 6.07 Å². The number of methoxy groups -OCH3 is 1. The molecule has 1 fully saturated rings. The Hall–Kier alpha value is -2.65. The molecule has 0 unspecified atom stereocenters. The van der Waals surface area contributed by atoms with Gasteiger partial charge < -0.3 is 15.0 Å². The molecule has 9 heteroatoms. The molecule has 1 aliphatic heterocycles. The molecule has 0 atom stereocenters. The first-order valence-corrected chi connectivity index (χ1v) is 12.0. The average molecular weight is 447 g/mol. The van der Waals surface area contributed by atoms with Gasteiger partial charge in [0.15, 0.2) is 0 Å². The van der Waals surface area contributed by atoms with Crippen molar-refractivity contribution in [2.24, 2.45) is 0 Å².